The van der Waals surface area contributed by atoms with Gasteiger partial charge in [0, 0.05) is 10.6 Å². The normalized spacial score (nSPS) is 10.8. The van der Waals surface area contributed by atoms with Crippen molar-refractivity contribution in [3.8, 4) is 16.9 Å². The number of amides is 1. The Morgan fingerprint density at radius 3 is 2.61 bits per heavy atom. The second-order valence-electron chi connectivity index (χ2n) is 6.04. The first-order valence-electron chi connectivity index (χ1n) is 8.53. The molecule has 2 aromatic carbocycles. The lowest BCUT2D eigenvalue weighted by Gasteiger charge is -2.08. The van der Waals surface area contributed by atoms with Crippen LogP contribution in [0, 0.1) is 5.82 Å². The second kappa shape index (κ2) is 7.70. The van der Waals surface area contributed by atoms with E-state index in [0.717, 1.165) is 0 Å². The van der Waals surface area contributed by atoms with Crippen molar-refractivity contribution in [2.24, 2.45) is 0 Å². The molecule has 0 unspecified atom stereocenters. The highest BCUT2D eigenvalue weighted by atomic mass is 35.5. The summed E-state index contributed by atoms with van der Waals surface area (Å²) in [6.45, 7) is 0.229. The van der Waals surface area contributed by atoms with Crippen molar-refractivity contribution < 1.29 is 13.6 Å². The zero-order valence-corrected chi connectivity index (χ0v) is 15.4. The maximum atomic E-state index is 14.2. The molecule has 0 atom stereocenters. The van der Waals surface area contributed by atoms with Crippen molar-refractivity contribution in [3.63, 3.8) is 0 Å². The fraction of sp³-hybridized carbons (Fsp3) is 0.0476. The van der Waals surface area contributed by atoms with Crippen LogP contribution in [0.2, 0.25) is 5.02 Å². The van der Waals surface area contributed by atoms with Crippen LogP contribution in [-0.2, 0) is 6.54 Å². The van der Waals surface area contributed by atoms with Gasteiger partial charge in [-0.25, -0.2) is 9.07 Å². The van der Waals surface area contributed by atoms with Crippen molar-refractivity contribution in [1.29, 1.82) is 0 Å². The van der Waals surface area contributed by atoms with Gasteiger partial charge in [0.15, 0.2) is 0 Å². The monoisotopic (exact) mass is 395 g/mol. The Kier molecular flexibility index (Phi) is 4.95. The van der Waals surface area contributed by atoms with E-state index in [0.29, 0.717) is 27.7 Å². The Morgan fingerprint density at radius 2 is 1.89 bits per heavy atom. The maximum Gasteiger partial charge on any atom is 0.270 e. The molecule has 7 heteroatoms. The number of furan rings is 1. The first kappa shape index (κ1) is 18.0. The molecule has 0 bridgehead atoms. The van der Waals surface area contributed by atoms with Crippen LogP contribution in [-0.4, -0.2) is 15.7 Å². The predicted octanol–water partition coefficient (Wildman–Crippen LogP) is 4.85. The highest BCUT2D eigenvalue weighted by Gasteiger charge is 2.19. The maximum absolute atomic E-state index is 14.2. The Labute approximate surface area is 165 Å². The topological polar surface area (TPSA) is 60.1 Å². The number of halogens is 2. The van der Waals surface area contributed by atoms with Crippen LogP contribution in [0.4, 0.5) is 4.39 Å². The van der Waals surface area contributed by atoms with Crippen LogP contribution in [0.15, 0.2) is 77.4 Å². The molecule has 2 aromatic heterocycles. The largest absolute Gasteiger partial charge is 0.467 e. The van der Waals surface area contributed by atoms with Gasteiger partial charge in [0.05, 0.1) is 24.2 Å². The molecule has 0 saturated heterocycles. The van der Waals surface area contributed by atoms with Gasteiger partial charge in [0.25, 0.3) is 5.91 Å². The molecule has 1 amide bonds. The smallest absolute Gasteiger partial charge is 0.270 e. The van der Waals surface area contributed by atoms with Crippen molar-refractivity contribution in [2.75, 3.05) is 0 Å². The lowest BCUT2D eigenvalue weighted by Crippen LogP contribution is -2.25. The molecular formula is C21H15ClFN3O2. The molecule has 140 valence electrons. The van der Waals surface area contributed by atoms with Gasteiger partial charge in [-0.1, -0.05) is 23.7 Å². The van der Waals surface area contributed by atoms with E-state index in [9.17, 15) is 9.18 Å². The summed E-state index contributed by atoms with van der Waals surface area (Å²) in [4.78, 5) is 12.8. The molecule has 0 radical (unpaired) electrons. The van der Waals surface area contributed by atoms with Gasteiger partial charge in [-0.05, 0) is 54.6 Å². The van der Waals surface area contributed by atoms with Crippen molar-refractivity contribution in [2.45, 2.75) is 6.54 Å². The Balaban J connectivity index is 1.73. The van der Waals surface area contributed by atoms with Crippen LogP contribution in [0.5, 0.6) is 0 Å². The summed E-state index contributed by atoms with van der Waals surface area (Å²) >= 11 is 5.96. The van der Waals surface area contributed by atoms with E-state index < -0.39 is 5.82 Å². The number of carbonyl (C=O) groups excluding carboxylic acids is 1. The van der Waals surface area contributed by atoms with Crippen molar-refractivity contribution in [3.05, 3.63) is 95.3 Å². The second-order valence-corrected chi connectivity index (χ2v) is 6.48. The van der Waals surface area contributed by atoms with E-state index in [1.165, 1.54) is 17.0 Å². The molecule has 0 aliphatic carbocycles. The van der Waals surface area contributed by atoms with Gasteiger partial charge in [-0.2, -0.15) is 5.10 Å². The van der Waals surface area contributed by atoms with Crippen LogP contribution in [0.3, 0.4) is 0 Å². The Morgan fingerprint density at radius 1 is 1.11 bits per heavy atom. The predicted molar refractivity (Wildman–Crippen MR) is 104 cm³/mol. The summed E-state index contributed by atoms with van der Waals surface area (Å²) < 4.78 is 20.9. The highest BCUT2D eigenvalue weighted by molar-refractivity contribution is 6.30. The van der Waals surface area contributed by atoms with E-state index in [1.807, 2.05) is 0 Å². The molecule has 0 saturated carbocycles. The third-order valence-corrected chi connectivity index (χ3v) is 4.42. The number of benzene rings is 2. The summed E-state index contributed by atoms with van der Waals surface area (Å²) in [5, 5.41) is 7.81. The van der Waals surface area contributed by atoms with Crippen LogP contribution >= 0.6 is 11.6 Å². The average molecular weight is 396 g/mol. The van der Waals surface area contributed by atoms with E-state index in [1.54, 1.807) is 60.7 Å². The quantitative estimate of drug-likeness (QED) is 0.525. The summed E-state index contributed by atoms with van der Waals surface area (Å²) in [5.74, 6) is -0.146. The van der Waals surface area contributed by atoms with E-state index in [2.05, 4.69) is 10.4 Å². The number of hydrogen-bond acceptors (Lipinski definition) is 3. The SMILES string of the molecule is O=C(NCc1ccco1)c1cc(-c2ccccc2F)nn1-c1ccc(Cl)cc1. The Bertz CT molecular complexity index is 1110. The zero-order valence-electron chi connectivity index (χ0n) is 14.6. The van der Waals surface area contributed by atoms with E-state index in [-0.39, 0.29) is 18.1 Å². The summed E-state index contributed by atoms with van der Waals surface area (Å²) in [6, 6.07) is 18.2. The van der Waals surface area contributed by atoms with Crippen molar-refractivity contribution >= 4 is 17.5 Å². The lowest BCUT2D eigenvalue weighted by molar-refractivity contribution is 0.0940. The molecule has 0 aliphatic heterocycles. The first-order chi connectivity index (χ1) is 13.6. The lowest BCUT2D eigenvalue weighted by atomic mass is 10.1. The standard InChI is InChI=1S/C21H15ClFN3O2/c22-14-7-9-15(10-8-14)26-20(21(27)24-13-16-4-3-11-28-16)12-19(25-26)17-5-1-2-6-18(17)23/h1-12H,13H2,(H,24,27). The molecule has 1 N–H and O–H groups in total. The van der Waals surface area contributed by atoms with Crippen LogP contribution < -0.4 is 5.32 Å². The molecule has 28 heavy (non-hydrogen) atoms. The number of hydrogen-bond donors (Lipinski definition) is 1. The molecule has 0 aliphatic rings. The van der Waals surface area contributed by atoms with Gasteiger partial charge in [-0.15, -0.1) is 0 Å². The number of aromatic nitrogens is 2. The van der Waals surface area contributed by atoms with Gasteiger partial charge >= 0.3 is 0 Å². The minimum atomic E-state index is -0.411. The zero-order chi connectivity index (χ0) is 19.5. The summed E-state index contributed by atoms with van der Waals surface area (Å²) in [5.41, 5.74) is 1.58. The van der Waals surface area contributed by atoms with Gasteiger partial charge in [0.1, 0.15) is 17.3 Å². The van der Waals surface area contributed by atoms with Gasteiger partial charge in [0.2, 0.25) is 0 Å². The average Bonchev–Trinajstić information content (AvgIpc) is 3.37. The molecule has 4 aromatic rings. The Hall–Kier alpha value is -3.38. The number of rotatable bonds is 5. The minimum Gasteiger partial charge on any atom is -0.467 e. The number of carbonyl (C=O) groups is 1. The molecule has 0 spiro atoms. The minimum absolute atomic E-state index is 0.229. The number of nitrogens with zero attached hydrogens (tertiary/aromatic N) is 2. The third-order valence-electron chi connectivity index (χ3n) is 4.17. The summed E-state index contributed by atoms with van der Waals surface area (Å²) in [6.07, 6.45) is 1.54. The molecular weight excluding hydrogens is 381 g/mol. The molecule has 0 fully saturated rings. The molecule has 2 heterocycles. The fourth-order valence-electron chi connectivity index (χ4n) is 2.79. The van der Waals surface area contributed by atoms with Crippen LogP contribution in [0.1, 0.15) is 16.2 Å². The molecule has 5 nitrogen and oxygen atoms in total. The van der Waals surface area contributed by atoms with Gasteiger partial charge in [-0.3, -0.25) is 4.79 Å². The first-order valence-corrected chi connectivity index (χ1v) is 8.91. The highest BCUT2D eigenvalue weighted by Crippen LogP contribution is 2.25. The van der Waals surface area contributed by atoms with E-state index in [4.69, 9.17) is 16.0 Å². The number of nitrogens with one attached hydrogen (secondary N) is 1. The van der Waals surface area contributed by atoms with Gasteiger partial charge < -0.3 is 9.73 Å². The third kappa shape index (κ3) is 3.68. The summed E-state index contributed by atoms with van der Waals surface area (Å²) in [7, 11) is 0. The fourth-order valence-corrected chi connectivity index (χ4v) is 2.92. The van der Waals surface area contributed by atoms with E-state index >= 15 is 0 Å². The van der Waals surface area contributed by atoms with Crippen LogP contribution in [0.25, 0.3) is 16.9 Å². The molecule has 4 rings (SSSR count). The van der Waals surface area contributed by atoms with Crippen molar-refractivity contribution in [1.82, 2.24) is 15.1 Å².